The van der Waals surface area contributed by atoms with E-state index in [1.807, 2.05) is 42.5 Å². The van der Waals surface area contributed by atoms with Gasteiger partial charge in [0.25, 0.3) is 5.91 Å². The van der Waals surface area contributed by atoms with Crippen molar-refractivity contribution in [1.29, 1.82) is 0 Å². The fourth-order valence-corrected chi connectivity index (χ4v) is 5.34. The number of ether oxygens (including phenoxy) is 2. The molecule has 0 unspecified atom stereocenters. The lowest BCUT2D eigenvalue weighted by molar-refractivity contribution is -0.132. The smallest absolute Gasteiger partial charge is 0.251 e. The summed E-state index contributed by atoms with van der Waals surface area (Å²) in [5, 5.41) is 9.36. The minimum atomic E-state index is -0.0297. The first kappa shape index (κ1) is 24.3. The van der Waals surface area contributed by atoms with Crippen LogP contribution in [0.25, 0.3) is 0 Å². The van der Waals surface area contributed by atoms with E-state index in [1.165, 1.54) is 30.7 Å². The highest BCUT2D eigenvalue weighted by Gasteiger charge is 2.24. The molecule has 2 aromatic rings. The average Bonchev–Trinajstić information content (AvgIpc) is 3.60. The number of benzene rings is 2. The van der Waals surface area contributed by atoms with E-state index >= 15 is 0 Å². The molecule has 2 aromatic carbocycles. The van der Waals surface area contributed by atoms with Crippen molar-refractivity contribution in [2.24, 2.45) is 5.10 Å². The lowest BCUT2D eigenvalue weighted by atomic mass is 10.0. The molecule has 0 atom stereocenters. The lowest BCUT2D eigenvalue weighted by Crippen LogP contribution is -2.32. The maximum absolute atomic E-state index is 12.7. The Balaban J connectivity index is 1.28. The second-order valence-corrected chi connectivity index (χ2v) is 10.0. The van der Waals surface area contributed by atoms with Gasteiger partial charge in [-0.05, 0) is 74.4 Å². The Hall–Kier alpha value is -3.35. The number of rotatable bonds is 8. The fourth-order valence-electron chi connectivity index (χ4n) is 5.34. The van der Waals surface area contributed by atoms with Crippen LogP contribution in [0.5, 0.6) is 11.5 Å². The van der Waals surface area contributed by atoms with Crippen molar-refractivity contribution in [2.75, 3.05) is 7.11 Å². The van der Waals surface area contributed by atoms with Crippen LogP contribution in [0.3, 0.4) is 0 Å². The standard InChI is InChI=1S/C29H35N3O4/c1-35-26-16-14-22(18-27(26)36-24-8-4-5-9-24)25-15-17-28(33)32(31-25)19-20-10-12-21(13-11-20)29(34)30-23-6-2-3-7-23/h10-14,16,18,23-24H,2-9,15,17,19H2,1H3,(H,30,34). The molecule has 7 heteroatoms. The molecule has 0 aromatic heterocycles. The number of hydrogen-bond acceptors (Lipinski definition) is 5. The Labute approximate surface area is 212 Å². The van der Waals surface area contributed by atoms with Crippen LogP contribution >= 0.6 is 0 Å². The maximum atomic E-state index is 12.7. The number of carbonyl (C=O) groups is 2. The zero-order valence-corrected chi connectivity index (χ0v) is 21.0. The van der Waals surface area contributed by atoms with E-state index in [2.05, 4.69) is 5.32 Å². The summed E-state index contributed by atoms with van der Waals surface area (Å²) in [4.78, 5) is 25.2. The number of methoxy groups -OCH3 is 1. The summed E-state index contributed by atoms with van der Waals surface area (Å²) in [6.45, 7) is 0.369. The van der Waals surface area contributed by atoms with Gasteiger partial charge in [-0.1, -0.05) is 25.0 Å². The number of hydrogen-bond donors (Lipinski definition) is 1. The van der Waals surface area contributed by atoms with Crippen molar-refractivity contribution < 1.29 is 19.1 Å². The monoisotopic (exact) mass is 489 g/mol. The van der Waals surface area contributed by atoms with Crippen LogP contribution in [0.2, 0.25) is 0 Å². The predicted molar refractivity (Wildman–Crippen MR) is 138 cm³/mol. The molecule has 36 heavy (non-hydrogen) atoms. The first-order valence-electron chi connectivity index (χ1n) is 13.2. The van der Waals surface area contributed by atoms with Crippen LogP contribution in [0, 0.1) is 0 Å². The Morgan fingerprint density at radius 2 is 1.69 bits per heavy atom. The molecule has 0 radical (unpaired) electrons. The van der Waals surface area contributed by atoms with Crippen molar-refractivity contribution in [1.82, 2.24) is 10.3 Å². The van der Waals surface area contributed by atoms with Crippen molar-refractivity contribution in [2.45, 2.75) is 82.9 Å². The van der Waals surface area contributed by atoms with Gasteiger partial charge in [-0.15, -0.1) is 0 Å². The fraction of sp³-hybridized carbons (Fsp3) is 0.483. The molecule has 7 nitrogen and oxygen atoms in total. The van der Waals surface area contributed by atoms with Gasteiger partial charge in [0, 0.05) is 30.0 Å². The largest absolute Gasteiger partial charge is 0.493 e. The van der Waals surface area contributed by atoms with Crippen LogP contribution in [-0.4, -0.2) is 41.8 Å². The SMILES string of the molecule is COc1ccc(C2=NN(Cc3ccc(C(=O)NC4CCCC4)cc3)C(=O)CC2)cc1OC1CCCC1. The molecule has 5 rings (SSSR count). The third-order valence-corrected chi connectivity index (χ3v) is 7.44. The molecule has 2 saturated carbocycles. The highest BCUT2D eigenvalue weighted by molar-refractivity contribution is 6.04. The summed E-state index contributed by atoms with van der Waals surface area (Å²) >= 11 is 0. The molecule has 0 spiro atoms. The van der Waals surface area contributed by atoms with Crippen molar-refractivity contribution in [3.8, 4) is 11.5 Å². The third kappa shape index (κ3) is 5.72. The van der Waals surface area contributed by atoms with Gasteiger partial charge < -0.3 is 14.8 Å². The highest BCUT2D eigenvalue weighted by Crippen LogP contribution is 2.33. The zero-order chi connectivity index (χ0) is 24.9. The van der Waals surface area contributed by atoms with E-state index in [-0.39, 0.29) is 24.0 Å². The summed E-state index contributed by atoms with van der Waals surface area (Å²) in [6, 6.07) is 13.6. The lowest BCUT2D eigenvalue weighted by Gasteiger charge is -2.24. The molecule has 0 saturated heterocycles. The predicted octanol–water partition coefficient (Wildman–Crippen LogP) is 5.22. The minimum Gasteiger partial charge on any atom is -0.493 e. The molecule has 2 fully saturated rings. The van der Waals surface area contributed by atoms with Crippen molar-refractivity contribution in [3.05, 3.63) is 59.2 Å². The van der Waals surface area contributed by atoms with Gasteiger partial charge in [0.05, 0.1) is 25.5 Å². The number of nitrogens with one attached hydrogen (secondary N) is 1. The van der Waals surface area contributed by atoms with E-state index in [4.69, 9.17) is 14.6 Å². The Kier molecular flexibility index (Phi) is 7.54. The number of nitrogens with zero attached hydrogens (tertiary/aromatic N) is 2. The van der Waals surface area contributed by atoms with E-state index in [0.717, 1.165) is 48.3 Å². The van der Waals surface area contributed by atoms with Crippen LogP contribution in [0.15, 0.2) is 47.6 Å². The van der Waals surface area contributed by atoms with Gasteiger partial charge in [0.15, 0.2) is 11.5 Å². The second kappa shape index (κ2) is 11.1. The van der Waals surface area contributed by atoms with Gasteiger partial charge in [-0.25, -0.2) is 5.01 Å². The zero-order valence-electron chi connectivity index (χ0n) is 21.0. The third-order valence-electron chi connectivity index (χ3n) is 7.44. The summed E-state index contributed by atoms with van der Waals surface area (Å²) in [7, 11) is 1.65. The van der Waals surface area contributed by atoms with Crippen molar-refractivity contribution >= 4 is 17.5 Å². The Morgan fingerprint density at radius 3 is 2.42 bits per heavy atom. The van der Waals surface area contributed by atoms with Crippen LogP contribution < -0.4 is 14.8 Å². The van der Waals surface area contributed by atoms with E-state index in [1.54, 1.807) is 7.11 Å². The first-order valence-corrected chi connectivity index (χ1v) is 13.2. The van der Waals surface area contributed by atoms with Gasteiger partial charge >= 0.3 is 0 Å². The van der Waals surface area contributed by atoms with E-state index < -0.39 is 0 Å². The molecule has 1 heterocycles. The van der Waals surface area contributed by atoms with Crippen LogP contribution in [0.1, 0.15) is 85.7 Å². The molecule has 0 bridgehead atoms. The average molecular weight is 490 g/mol. The first-order chi connectivity index (χ1) is 17.6. The highest BCUT2D eigenvalue weighted by atomic mass is 16.5. The topological polar surface area (TPSA) is 80.2 Å². The molecule has 1 aliphatic heterocycles. The quantitative estimate of drug-likeness (QED) is 0.552. The summed E-state index contributed by atoms with van der Waals surface area (Å²) in [5.74, 6) is 1.42. The number of carbonyl (C=O) groups excluding carboxylic acids is 2. The minimum absolute atomic E-state index is 0.00209. The number of hydrazone groups is 1. The summed E-state index contributed by atoms with van der Waals surface area (Å²) in [5.41, 5.74) is 3.39. The van der Waals surface area contributed by atoms with Gasteiger partial charge in [-0.3, -0.25) is 9.59 Å². The van der Waals surface area contributed by atoms with Gasteiger partial charge in [0.1, 0.15) is 0 Å². The molecule has 1 N–H and O–H groups in total. The Bertz CT molecular complexity index is 1120. The molecule has 3 aliphatic rings. The van der Waals surface area contributed by atoms with Crippen LogP contribution in [0.4, 0.5) is 0 Å². The molecule has 190 valence electrons. The molecule has 2 aliphatic carbocycles. The molecule has 2 amide bonds. The van der Waals surface area contributed by atoms with E-state index in [9.17, 15) is 9.59 Å². The molecular formula is C29H35N3O4. The van der Waals surface area contributed by atoms with Crippen molar-refractivity contribution in [3.63, 3.8) is 0 Å². The number of amides is 2. The maximum Gasteiger partial charge on any atom is 0.251 e. The van der Waals surface area contributed by atoms with Crippen LogP contribution in [-0.2, 0) is 11.3 Å². The van der Waals surface area contributed by atoms with E-state index in [0.29, 0.717) is 30.7 Å². The van der Waals surface area contributed by atoms with Gasteiger partial charge in [-0.2, -0.15) is 5.10 Å². The normalized spacial score (nSPS) is 18.9. The second-order valence-electron chi connectivity index (χ2n) is 10.0. The summed E-state index contributed by atoms with van der Waals surface area (Å²) in [6.07, 6.45) is 10.2. The molecular weight excluding hydrogens is 454 g/mol. The Morgan fingerprint density at radius 1 is 0.972 bits per heavy atom. The van der Waals surface area contributed by atoms with Gasteiger partial charge in [0.2, 0.25) is 5.91 Å². The summed E-state index contributed by atoms with van der Waals surface area (Å²) < 4.78 is 11.8.